The Morgan fingerprint density at radius 2 is 1.71 bits per heavy atom. The van der Waals surface area contributed by atoms with Crippen LogP contribution in [0.4, 0.5) is 30.7 Å². The summed E-state index contributed by atoms with van der Waals surface area (Å²) in [5, 5.41) is 20.6. The third-order valence-electron chi connectivity index (χ3n) is 8.44. The smallest absolute Gasteiger partial charge is 0.349 e. The van der Waals surface area contributed by atoms with Crippen LogP contribution in [0.5, 0.6) is 0 Å². The predicted octanol–water partition coefficient (Wildman–Crippen LogP) is 4.99. The van der Waals surface area contributed by atoms with Gasteiger partial charge in [0.25, 0.3) is 11.8 Å². The molecule has 48 heavy (non-hydrogen) atoms. The Labute approximate surface area is 275 Å². The van der Waals surface area contributed by atoms with Crippen molar-refractivity contribution in [2.45, 2.75) is 88.0 Å². The molecule has 2 unspecified atom stereocenters. The number of carbonyl (C=O) groups is 2. The average Bonchev–Trinajstić information content (AvgIpc) is 3.60. The van der Waals surface area contributed by atoms with E-state index in [9.17, 15) is 40.3 Å². The van der Waals surface area contributed by atoms with Crippen molar-refractivity contribution < 1.29 is 40.3 Å². The third kappa shape index (κ3) is 9.76. The Bertz CT molecular complexity index is 1570. The Balaban J connectivity index is 1.31. The minimum Gasteiger partial charge on any atom is -0.349 e. The van der Waals surface area contributed by atoms with Gasteiger partial charge in [0.05, 0.1) is 61.8 Å². The van der Waals surface area contributed by atoms with E-state index in [1.54, 1.807) is 12.3 Å². The van der Waals surface area contributed by atoms with Gasteiger partial charge in [-0.2, -0.15) is 28.2 Å². The Morgan fingerprint density at radius 1 is 1.00 bits per heavy atom. The number of nitrogens with zero attached hydrogens (tertiary/aromatic N) is 6. The fraction of sp³-hybridized carbons (Fsp3) is 0.655. The largest absolute Gasteiger partial charge is 0.389 e. The first-order valence-corrected chi connectivity index (χ1v) is 16.1. The molecule has 3 heterocycles. The quantitative estimate of drug-likeness (QED) is 0.115. The Hall–Kier alpha value is -3.54. The number of nitrogens with one attached hydrogen (secondary N) is 3. The van der Waals surface area contributed by atoms with Crippen molar-refractivity contribution in [2.75, 3.05) is 19.0 Å². The first-order valence-electron chi connectivity index (χ1n) is 15.6. The number of carbonyl (C=O) groups excluding carboxylic acids is 2. The van der Waals surface area contributed by atoms with Gasteiger partial charge in [-0.3, -0.25) is 9.59 Å². The molecule has 2 saturated carbocycles. The van der Waals surface area contributed by atoms with Crippen LogP contribution < -0.4 is 16.0 Å². The lowest BCUT2D eigenvalue weighted by molar-refractivity contribution is -0.144. The molecule has 5 rings (SSSR count). The number of aromatic nitrogens is 6. The highest BCUT2D eigenvalue weighted by Gasteiger charge is 2.40. The SMILES string of the molecule is O=C(CCC(F)(F)F)NC(c1cnn2cc(C(NC(=O)c3cnn(CCNCC(F)(F)CCl)n3)C3CCC(F)(F)CC3)nc2c1)C1CC1. The van der Waals surface area contributed by atoms with Gasteiger partial charge < -0.3 is 16.0 Å². The van der Waals surface area contributed by atoms with Gasteiger partial charge >= 0.3 is 6.18 Å². The van der Waals surface area contributed by atoms with E-state index in [2.05, 4.69) is 36.2 Å². The van der Waals surface area contributed by atoms with Crippen LogP contribution in [-0.4, -0.2) is 78.4 Å². The Morgan fingerprint density at radius 3 is 2.38 bits per heavy atom. The zero-order valence-electron chi connectivity index (χ0n) is 25.6. The van der Waals surface area contributed by atoms with Crippen molar-refractivity contribution >= 4 is 29.1 Å². The molecule has 0 aromatic carbocycles. The van der Waals surface area contributed by atoms with Crippen LogP contribution in [0.25, 0.3) is 5.65 Å². The average molecular weight is 710 g/mol. The van der Waals surface area contributed by atoms with Crippen LogP contribution in [0.3, 0.4) is 0 Å². The monoisotopic (exact) mass is 709 g/mol. The number of imidazole rings is 1. The van der Waals surface area contributed by atoms with E-state index in [-0.39, 0.29) is 50.4 Å². The molecule has 2 amide bonds. The minimum atomic E-state index is -4.46. The molecule has 0 aliphatic heterocycles. The second-order valence-electron chi connectivity index (χ2n) is 12.4. The second kappa shape index (κ2) is 14.5. The number of rotatable bonds is 15. The van der Waals surface area contributed by atoms with Crippen LogP contribution in [-0.2, 0) is 11.3 Å². The molecule has 3 aromatic heterocycles. The van der Waals surface area contributed by atoms with Crippen molar-refractivity contribution in [1.29, 1.82) is 0 Å². The molecule has 0 radical (unpaired) electrons. The summed E-state index contributed by atoms with van der Waals surface area (Å²) in [4.78, 5) is 31.4. The van der Waals surface area contributed by atoms with Crippen molar-refractivity contribution in [1.82, 2.24) is 45.5 Å². The summed E-state index contributed by atoms with van der Waals surface area (Å²) < 4.78 is 94.1. The molecule has 2 aliphatic rings. The first-order chi connectivity index (χ1) is 22.6. The molecule has 3 N–H and O–H groups in total. The van der Waals surface area contributed by atoms with Gasteiger partial charge in [0.1, 0.15) is 0 Å². The van der Waals surface area contributed by atoms with Crippen LogP contribution in [0.1, 0.15) is 85.2 Å². The second-order valence-corrected chi connectivity index (χ2v) is 12.7. The fourth-order valence-electron chi connectivity index (χ4n) is 5.68. The summed E-state index contributed by atoms with van der Waals surface area (Å²) in [6.45, 7) is -0.478. The fourth-order valence-corrected chi connectivity index (χ4v) is 5.78. The highest BCUT2D eigenvalue weighted by atomic mass is 35.5. The molecule has 2 atom stereocenters. The summed E-state index contributed by atoms with van der Waals surface area (Å²) in [5.74, 6) is -8.49. The van der Waals surface area contributed by atoms with Gasteiger partial charge in [0.2, 0.25) is 11.8 Å². The Kier molecular flexibility index (Phi) is 10.8. The topological polar surface area (TPSA) is 131 Å². The maximum absolute atomic E-state index is 14.1. The molecule has 2 aliphatic carbocycles. The van der Waals surface area contributed by atoms with Gasteiger partial charge in [-0.05, 0) is 49.1 Å². The van der Waals surface area contributed by atoms with E-state index in [4.69, 9.17) is 11.6 Å². The molecule has 3 aromatic rings. The lowest BCUT2D eigenvalue weighted by atomic mass is 9.81. The lowest BCUT2D eigenvalue weighted by Crippen LogP contribution is -2.37. The molecular weight excluding hydrogens is 675 g/mol. The van der Waals surface area contributed by atoms with E-state index in [1.165, 1.54) is 16.9 Å². The number of halogens is 8. The minimum absolute atomic E-state index is 0.0326. The summed E-state index contributed by atoms with van der Waals surface area (Å²) in [6.07, 6.45) is -1.13. The van der Waals surface area contributed by atoms with Crippen molar-refractivity contribution in [2.24, 2.45) is 11.8 Å². The van der Waals surface area contributed by atoms with Crippen molar-refractivity contribution in [3.05, 3.63) is 41.6 Å². The summed E-state index contributed by atoms with van der Waals surface area (Å²) in [7, 11) is 0. The van der Waals surface area contributed by atoms with Crippen molar-refractivity contribution in [3.8, 4) is 0 Å². The molecule has 0 spiro atoms. The molecule has 264 valence electrons. The van der Waals surface area contributed by atoms with Crippen LogP contribution in [0.2, 0.25) is 0 Å². The summed E-state index contributed by atoms with van der Waals surface area (Å²) in [6, 6.07) is 0.277. The molecule has 19 heteroatoms. The maximum atomic E-state index is 14.1. The molecular formula is C29H35ClF7N9O2. The summed E-state index contributed by atoms with van der Waals surface area (Å²) in [5.41, 5.74) is 1.15. The van der Waals surface area contributed by atoms with Gasteiger partial charge in [-0.25, -0.2) is 27.1 Å². The number of fused-ring (bicyclic) bond motifs is 1. The molecule has 0 saturated heterocycles. The number of hydrogen-bond donors (Lipinski definition) is 3. The third-order valence-corrected chi connectivity index (χ3v) is 8.83. The number of hydrogen-bond acceptors (Lipinski definition) is 7. The lowest BCUT2D eigenvalue weighted by Gasteiger charge is -2.33. The standard InChI is InChI=1S/C29H35ClF7N9O2/c30-15-28(33,34)16-38-9-10-46-40-13-20(44-46)26(48)43-25(18-3-6-27(31,32)7-4-18)21-14-45-22(41-21)11-19(12-39-45)24(17-1-2-17)42-23(47)5-8-29(35,36)37/h11-14,17-18,24-25,38H,1-10,15-16H2,(H,42,47)(H,43,48). The first kappa shape index (κ1) is 35.8. The highest BCUT2D eigenvalue weighted by Crippen LogP contribution is 2.43. The molecule has 2 fully saturated rings. The van der Waals surface area contributed by atoms with Crippen LogP contribution in [0.15, 0.2) is 24.7 Å². The van der Waals surface area contributed by atoms with Crippen LogP contribution in [0, 0.1) is 11.8 Å². The van der Waals surface area contributed by atoms with E-state index in [1.807, 2.05) is 0 Å². The van der Waals surface area contributed by atoms with Gasteiger partial charge in [-0.15, -0.1) is 16.7 Å². The normalized spacial score (nSPS) is 18.5. The van der Waals surface area contributed by atoms with E-state index >= 15 is 0 Å². The zero-order chi connectivity index (χ0) is 34.7. The zero-order valence-corrected chi connectivity index (χ0v) is 26.4. The van der Waals surface area contributed by atoms with E-state index in [0.717, 1.165) is 17.6 Å². The van der Waals surface area contributed by atoms with Crippen molar-refractivity contribution in [3.63, 3.8) is 0 Å². The highest BCUT2D eigenvalue weighted by molar-refractivity contribution is 6.18. The predicted molar refractivity (Wildman–Crippen MR) is 158 cm³/mol. The van der Waals surface area contributed by atoms with E-state index < -0.39 is 73.1 Å². The van der Waals surface area contributed by atoms with Crippen LogP contribution >= 0.6 is 11.6 Å². The summed E-state index contributed by atoms with van der Waals surface area (Å²) >= 11 is 5.22. The maximum Gasteiger partial charge on any atom is 0.389 e. The van der Waals surface area contributed by atoms with Gasteiger partial charge in [-0.1, -0.05) is 0 Å². The number of amides is 2. The van der Waals surface area contributed by atoms with Gasteiger partial charge in [0, 0.05) is 25.8 Å². The molecule has 0 bridgehead atoms. The van der Waals surface area contributed by atoms with Gasteiger partial charge in [0.15, 0.2) is 11.3 Å². The van der Waals surface area contributed by atoms with E-state index in [0.29, 0.717) is 16.9 Å². The number of alkyl halides is 8. The molecule has 11 nitrogen and oxygen atoms in total.